The fourth-order valence-corrected chi connectivity index (χ4v) is 3.51. The van der Waals surface area contributed by atoms with Gasteiger partial charge in [0.15, 0.2) is 0 Å². The lowest BCUT2D eigenvalue weighted by molar-refractivity contribution is -0.120. The first-order valence-electron chi connectivity index (χ1n) is 7.37. The van der Waals surface area contributed by atoms with E-state index in [0.717, 1.165) is 23.7 Å². The summed E-state index contributed by atoms with van der Waals surface area (Å²) in [7, 11) is -0.531. The summed E-state index contributed by atoms with van der Waals surface area (Å²) < 4.78 is 25.4. The van der Waals surface area contributed by atoms with Crippen LogP contribution in [0.2, 0.25) is 0 Å². The number of anilines is 1. The third-order valence-electron chi connectivity index (χ3n) is 3.87. The molecule has 1 heterocycles. The Morgan fingerprint density at radius 2 is 2.04 bits per heavy atom. The molecule has 2 rings (SSSR count). The molecule has 1 aliphatic rings. The number of amides is 1. The standard InChI is InChI=1S/C15H23N3O3S.ClH/c1-11-9-12(7-8-16-11)15(19)17-13-5-4-6-14(10-13)22(20,21)18(2)3;/h4-6,10-12,16H,7-9H2,1-3H3,(H,17,19);1H/t11-,12-;/m0./s1. The van der Waals surface area contributed by atoms with Crippen molar-refractivity contribution in [1.29, 1.82) is 0 Å². The van der Waals surface area contributed by atoms with Crippen molar-refractivity contribution < 1.29 is 13.2 Å². The fraction of sp³-hybridized carbons (Fsp3) is 0.533. The Kier molecular flexibility index (Phi) is 7.01. The number of sulfonamides is 1. The molecule has 1 aromatic rings. The van der Waals surface area contributed by atoms with E-state index in [0.29, 0.717) is 11.7 Å². The summed E-state index contributed by atoms with van der Waals surface area (Å²) in [6, 6.07) is 6.69. The summed E-state index contributed by atoms with van der Waals surface area (Å²) in [5.41, 5.74) is 0.513. The van der Waals surface area contributed by atoms with Gasteiger partial charge in [0.05, 0.1) is 4.90 Å². The molecule has 0 spiro atoms. The zero-order chi connectivity index (χ0) is 16.3. The number of hydrogen-bond acceptors (Lipinski definition) is 4. The van der Waals surface area contributed by atoms with Crippen LogP contribution in [0.3, 0.4) is 0 Å². The summed E-state index contributed by atoms with van der Waals surface area (Å²) in [5, 5.41) is 6.14. The number of rotatable bonds is 4. The molecule has 1 aliphatic heterocycles. The van der Waals surface area contributed by atoms with Crippen molar-refractivity contribution in [2.45, 2.75) is 30.7 Å². The van der Waals surface area contributed by atoms with E-state index in [2.05, 4.69) is 17.6 Å². The molecule has 0 aromatic heterocycles. The van der Waals surface area contributed by atoms with Gasteiger partial charge in [-0.05, 0) is 44.5 Å². The third kappa shape index (κ3) is 4.91. The van der Waals surface area contributed by atoms with E-state index in [1.54, 1.807) is 12.1 Å². The van der Waals surface area contributed by atoms with E-state index in [-0.39, 0.29) is 29.1 Å². The van der Waals surface area contributed by atoms with Crippen molar-refractivity contribution in [2.24, 2.45) is 5.92 Å². The summed E-state index contributed by atoms with van der Waals surface area (Å²) in [4.78, 5) is 12.5. The lowest BCUT2D eigenvalue weighted by atomic mass is 9.92. The Labute approximate surface area is 144 Å². The van der Waals surface area contributed by atoms with Crippen molar-refractivity contribution in [3.8, 4) is 0 Å². The zero-order valence-electron chi connectivity index (χ0n) is 13.6. The molecule has 0 aliphatic carbocycles. The third-order valence-corrected chi connectivity index (χ3v) is 5.69. The molecule has 0 saturated carbocycles. The van der Waals surface area contributed by atoms with Crippen LogP contribution >= 0.6 is 12.4 Å². The molecular formula is C15H24ClN3O3S. The topological polar surface area (TPSA) is 78.5 Å². The van der Waals surface area contributed by atoms with Crippen LogP contribution in [0.4, 0.5) is 5.69 Å². The van der Waals surface area contributed by atoms with Gasteiger partial charge in [-0.15, -0.1) is 12.4 Å². The molecule has 6 nitrogen and oxygen atoms in total. The summed E-state index contributed by atoms with van der Waals surface area (Å²) in [6.45, 7) is 2.89. The van der Waals surface area contributed by atoms with Gasteiger partial charge in [-0.25, -0.2) is 12.7 Å². The molecular weight excluding hydrogens is 338 g/mol. The first-order valence-corrected chi connectivity index (χ1v) is 8.81. The van der Waals surface area contributed by atoms with E-state index in [1.807, 2.05) is 0 Å². The van der Waals surface area contributed by atoms with E-state index in [1.165, 1.54) is 26.2 Å². The smallest absolute Gasteiger partial charge is 0.242 e. The zero-order valence-corrected chi connectivity index (χ0v) is 15.2. The van der Waals surface area contributed by atoms with Crippen molar-refractivity contribution in [3.05, 3.63) is 24.3 Å². The SMILES string of the molecule is C[C@H]1C[C@@H](C(=O)Nc2cccc(S(=O)(=O)N(C)C)c2)CCN1.Cl. The van der Waals surface area contributed by atoms with Gasteiger partial charge < -0.3 is 10.6 Å². The normalized spacial score (nSPS) is 21.6. The monoisotopic (exact) mass is 361 g/mol. The second-order valence-corrected chi connectivity index (χ2v) is 8.03. The number of carbonyl (C=O) groups is 1. The highest BCUT2D eigenvalue weighted by Crippen LogP contribution is 2.21. The predicted octanol–water partition coefficient (Wildman–Crippen LogP) is 1.69. The highest BCUT2D eigenvalue weighted by Gasteiger charge is 2.25. The Bertz CT molecular complexity index is 649. The molecule has 1 fully saturated rings. The number of benzene rings is 1. The summed E-state index contributed by atoms with van der Waals surface area (Å²) >= 11 is 0. The Morgan fingerprint density at radius 1 is 1.35 bits per heavy atom. The van der Waals surface area contributed by atoms with Crippen molar-refractivity contribution in [1.82, 2.24) is 9.62 Å². The summed E-state index contributed by atoms with van der Waals surface area (Å²) in [6.07, 6.45) is 1.59. The van der Waals surface area contributed by atoms with Gasteiger partial charge in [-0.2, -0.15) is 0 Å². The Morgan fingerprint density at radius 3 is 2.65 bits per heavy atom. The van der Waals surface area contributed by atoms with Crippen LogP contribution in [0, 0.1) is 5.92 Å². The van der Waals surface area contributed by atoms with Crippen LogP contribution in [0.15, 0.2) is 29.2 Å². The molecule has 1 aromatic carbocycles. The Balaban J connectivity index is 0.00000264. The number of nitrogens with zero attached hydrogens (tertiary/aromatic N) is 1. The maximum Gasteiger partial charge on any atom is 0.242 e. The molecule has 0 bridgehead atoms. The maximum atomic E-state index is 12.3. The van der Waals surface area contributed by atoms with Crippen molar-refractivity contribution >= 4 is 34.0 Å². The van der Waals surface area contributed by atoms with Crippen LogP contribution in [-0.2, 0) is 14.8 Å². The van der Waals surface area contributed by atoms with E-state index >= 15 is 0 Å². The molecule has 1 saturated heterocycles. The second-order valence-electron chi connectivity index (χ2n) is 5.88. The number of piperidine rings is 1. The van der Waals surface area contributed by atoms with Crippen molar-refractivity contribution in [3.63, 3.8) is 0 Å². The van der Waals surface area contributed by atoms with E-state index in [4.69, 9.17) is 0 Å². The minimum atomic E-state index is -3.50. The van der Waals surface area contributed by atoms with Crippen LogP contribution in [0.5, 0.6) is 0 Å². The fourth-order valence-electron chi connectivity index (χ4n) is 2.56. The van der Waals surface area contributed by atoms with Gasteiger partial charge in [0.25, 0.3) is 0 Å². The first kappa shape index (κ1) is 19.9. The lowest BCUT2D eigenvalue weighted by Crippen LogP contribution is -2.40. The van der Waals surface area contributed by atoms with Crippen LogP contribution in [-0.4, -0.2) is 45.3 Å². The van der Waals surface area contributed by atoms with Gasteiger partial charge in [-0.3, -0.25) is 4.79 Å². The van der Waals surface area contributed by atoms with Gasteiger partial charge >= 0.3 is 0 Å². The molecule has 8 heteroatoms. The van der Waals surface area contributed by atoms with Gasteiger partial charge in [-0.1, -0.05) is 6.07 Å². The number of carbonyl (C=O) groups excluding carboxylic acids is 1. The van der Waals surface area contributed by atoms with Gasteiger partial charge in [0.2, 0.25) is 15.9 Å². The Hall–Kier alpha value is -1.15. The second kappa shape index (κ2) is 8.10. The molecule has 2 atom stereocenters. The molecule has 2 N–H and O–H groups in total. The van der Waals surface area contributed by atoms with Crippen LogP contribution in [0.25, 0.3) is 0 Å². The minimum absolute atomic E-state index is 0. The molecule has 23 heavy (non-hydrogen) atoms. The average Bonchev–Trinajstić information content (AvgIpc) is 2.47. The number of halogens is 1. The van der Waals surface area contributed by atoms with Crippen LogP contribution < -0.4 is 10.6 Å². The minimum Gasteiger partial charge on any atom is -0.326 e. The lowest BCUT2D eigenvalue weighted by Gasteiger charge is -2.27. The molecule has 0 unspecified atom stereocenters. The first-order chi connectivity index (χ1) is 10.3. The van der Waals surface area contributed by atoms with Gasteiger partial charge in [0, 0.05) is 31.7 Å². The van der Waals surface area contributed by atoms with E-state index < -0.39 is 10.0 Å². The largest absolute Gasteiger partial charge is 0.326 e. The molecule has 130 valence electrons. The van der Waals surface area contributed by atoms with E-state index in [9.17, 15) is 13.2 Å². The molecule has 1 amide bonds. The highest BCUT2D eigenvalue weighted by molar-refractivity contribution is 7.89. The average molecular weight is 362 g/mol. The summed E-state index contributed by atoms with van der Waals surface area (Å²) in [5.74, 6) is -0.0851. The predicted molar refractivity (Wildman–Crippen MR) is 93.4 cm³/mol. The number of nitrogens with one attached hydrogen (secondary N) is 2. The van der Waals surface area contributed by atoms with Crippen LogP contribution in [0.1, 0.15) is 19.8 Å². The molecule has 0 radical (unpaired) electrons. The number of hydrogen-bond donors (Lipinski definition) is 2. The highest BCUT2D eigenvalue weighted by atomic mass is 35.5. The van der Waals surface area contributed by atoms with Gasteiger partial charge in [0.1, 0.15) is 0 Å². The van der Waals surface area contributed by atoms with Crippen molar-refractivity contribution in [2.75, 3.05) is 26.0 Å². The maximum absolute atomic E-state index is 12.3. The quantitative estimate of drug-likeness (QED) is 0.855.